The molecule has 0 fully saturated rings. The fraction of sp³-hybridized carbons (Fsp3) is 0.290. The Kier molecular flexibility index (Phi) is 8.98. The highest BCUT2D eigenvalue weighted by Gasteiger charge is 2.16. The molecule has 3 aromatic carbocycles. The predicted molar refractivity (Wildman–Crippen MR) is 144 cm³/mol. The third-order valence-electron chi connectivity index (χ3n) is 6.55. The van der Waals surface area contributed by atoms with E-state index in [1.54, 1.807) is 10.8 Å². The topological polar surface area (TPSA) is 88.8 Å². The van der Waals surface area contributed by atoms with Gasteiger partial charge in [0.05, 0.1) is 13.0 Å². The summed E-state index contributed by atoms with van der Waals surface area (Å²) in [5.74, 6) is -1.03. The zero-order chi connectivity index (χ0) is 26.0. The second-order valence-corrected chi connectivity index (χ2v) is 9.35. The van der Waals surface area contributed by atoms with Gasteiger partial charge in [-0.2, -0.15) is 0 Å². The average Bonchev–Trinajstić information content (AvgIpc) is 3.22. The Hall–Kier alpha value is -4.06. The first-order valence-electron chi connectivity index (χ1n) is 12.8. The molecular weight excluding hydrogens is 466 g/mol. The van der Waals surface area contributed by atoms with Crippen molar-refractivity contribution in [1.82, 2.24) is 4.57 Å². The van der Waals surface area contributed by atoms with Crippen LogP contribution in [-0.4, -0.2) is 33.3 Å². The van der Waals surface area contributed by atoms with Crippen molar-refractivity contribution in [2.75, 3.05) is 6.61 Å². The molecule has 0 saturated heterocycles. The van der Waals surface area contributed by atoms with Crippen LogP contribution in [0.1, 0.15) is 41.5 Å². The monoisotopic (exact) mass is 499 g/mol. The van der Waals surface area contributed by atoms with Gasteiger partial charge in [0.1, 0.15) is 12.3 Å². The summed E-state index contributed by atoms with van der Waals surface area (Å²) < 4.78 is 7.53. The average molecular weight is 500 g/mol. The summed E-state index contributed by atoms with van der Waals surface area (Å²) in [4.78, 5) is 22.7. The number of fused-ring (bicyclic) bond motifs is 1. The van der Waals surface area contributed by atoms with E-state index < -0.39 is 11.9 Å². The van der Waals surface area contributed by atoms with Crippen LogP contribution in [-0.2, 0) is 41.8 Å². The van der Waals surface area contributed by atoms with Gasteiger partial charge >= 0.3 is 11.9 Å². The second kappa shape index (κ2) is 12.8. The van der Waals surface area contributed by atoms with Crippen molar-refractivity contribution in [3.8, 4) is 5.75 Å². The maximum Gasteiger partial charge on any atom is 0.323 e. The summed E-state index contributed by atoms with van der Waals surface area (Å²) in [5.41, 5.74) is 4.97. The molecule has 192 valence electrons. The second-order valence-electron chi connectivity index (χ2n) is 9.35. The molecule has 2 N–H and O–H groups in total. The van der Waals surface area contributed by atoms with Crippen LogP contribution < -0.4 is 4.74 Å². The minimum atomic E-state index is -0.960. The van der Waals surface area contributed by atoms with Gasteiger partial charge in [-0.15, -0.1) is 0 Å². The van der Waals surface area contributed by atoms with Crippen LogP contribution in [0.2, 0.25) is 0 Å². The Balaban J connectivity index is 1.31. The molecule has 4 rings (SSSR count). The van der Waals surface area contributed by atoms with E-state index >= 15 is 0 Å². The molecular formula is C31H33NO5. The van der Waals surface area contributed by atoms with Gasteiger partial charge in [0.15, 0.2) is 0 Å². The summed E-state index contributed by atoms with van der Waals surface area (Å²) in [7, 11) is 0. The quantitative estimate of drug-likeness (QED) is 0.210. The zero-order valence-electron chi connectivity index (χ0n) is 20.9. The smallest absolute Gasteiger partial charge is 0.323 e. The summed E-state index contributed by atoms with van der Waals surface area (Å²) in [6.45, 7) is 0.504. The Labute approximate surface area is 217 Å². The predicted octanol–water partition coefficient (Wildman–Crippen LogP) is 5.93. The molecule has 1 heterocycles. The fourth-order valence-corrected chi connectivity index (χ4v) is 4.77. The highest BCUT2D eigenvalue weighted by atomic mass is 16.5. The van der Waals surface area contributed by atoms with Gasteiger partial charge in [0.25, 0.3) is 0 Å². The number of carboxylic acids is 2. The molecule has 0 radical (unpaired) electrons. The van der Waals surface area contributed by atoms with Crippen LogP contribution in [0.25, 0.3) is 10.9 Å². The normalized spacial score (nSPS) is 11.0. The molecule has 0 aliphatic rings. The summed E-state index contributed by atoms with van der Waals surface area (Å²) >= 11 is 0. The third-order valence-corrected chi connectivity index (χ3v) is 6.55. The Morgan fingerprint density at radius 2 is 1.46 bits per heavy atom. The molecule has 0 unspecified atom stereocenters. The van der Waals surface area contributed by atoms with E-state index in [0.29, 0.717) is 12.2 Å². The lowest BCUT2D eigenvalue weighted by Gasteiger charge is -2.09. The number of hydrogen-bond acceptors (Lipinski definition) is 3. The molecule has 4 aromatic rings. The van der Waals surface area contributed by atoms with Gasteiger partial charge in [0.2, 0.25) is 0 Å². The lowest BCUT2D eigenvalue weighted by molar-refractivity contribution is -0.138. The minimum absolute atomic E-state index is 0.140. The zero-order valence-corrected chi connectivity index (χ0v) is 20.9. The van der Waals surface area contributed by atoms with E-state index in [4.69, 9.17) is 4.74 Å². The lowest BCUT2D eigenvalue weighted by atomic mass is 9.98. The van der Waals surface area contributed by atoms with Gasteiger partial charge in [-0.05, 0) is 79.0 Å². The van der Waals surface area contributed by atoms with Crippen molar-refractivity contribution in [2.45, 2.75) is 51.5 Å². The number of hydrogen-bond donors (Lipinski definition) is 2. The van der Waals surface area contributed by atoms with E-state index in [9.17, 15) is 19.8 Å². The number of aryl methyl sites for hydroxylation is 3. The van der Waals surface area contributed by atoms with Crippen LogP contribution in [0.5, 0.6) is 5.75 Å². The molecule has 0 spiro atoms. The number of benzene rings is 3. The number of aliphatic carboxylic acids is 2. The maximum absolute atomic E-state index is 11.4. The number of unbranched alkanes of at least 4 members (excludes halogenated alkanes) is 2. The third kappa shape index (κ3) is 7.46. The van der Waals surface area contributed by atoms with Gasteiger partial charge < -0.3 is 19.5 Å². The van der Waals surface area contributed by atoms with Crippen molar-refractivity contribution in [2.24, 2.45) is 0 Å². The van der Waals surface area contributed by atoms with Gasteiger partial charge in [-0.25, -0.2) is 0 Å². The molecule has 1 aromatic heterocycles. The number of nitrogens with zero attached hydrogens (tertiary/aromatic N) is 1. The molecule has 0 aliphatic heterocycles. The van der Waals surface area contributed by atoms with E-state index in [1.165, 1.54) is 5.56 Å². The van der Waals surface area contributed by atoms with Crippen molar-refractivity contribution in [3.05, 3.63) is 101 Å². The van der Waals surface area contributed by atoms with E-state index in [-0.39, 0.29) is 13.0 Å². The Morgan fingerprint density at radius 1 is 0.703 bits per heavy atom. The van der Waals surface area contributed by atoms with Crippen molar-refractivity contribution < 1.29 is 24.5 Å². The maximum atomic E-state index is 11.4. The van der Waals surface area contributed by atoms with E-state index in [0.717, 1.165) is 66.3 Å². The van der Waals surface area contributed by atoms with Gasteiger partial charge in [-0.1, -0.05) is 54.6 Å². The van der Waals surface area contributed by atoms with E-state index in [2.05, 4.69) is 36.4 Å². The minimum Gasteiger partial charge on any atom is -0.494 e. The highest BCUT2D eigenvalue weighted by Crippen LogP contribution is 2.27. The fourth-order valence-electron chi connectivity index (χ4n) is 4.77. The molecule has 0 bridgehead atoms. The standard InChI is InChI=1S/C31H33NO5/c33-29(34)20-26-21-32(22-30(35)36)28-12-7-11-25(31(26)28)16-13-24-14-17-27(18-15-24)37-19-6-2-5-10-23-8-3-1-4-9-23/h1,3-4,7-9,11-12,14-15,17-18,21H,2,5-6,10,13,16,19-20,22H2,(H,33,34)(H,35,36). The lowest BCUT2D eigenvalue weighted by Crippen LogP contribution is -2.07. The van der Waals surface area contributed by atoms with Crippen molar-refractivity contribution in [3.63, 3.8) is 0 Å². The van der Waals surface area contributed by atoms with Gasteiger partial charge in [-0.3, -0.25) is 9.59 Å². The van der Waals surface area contributed by atoms with Crippen molar-refractivity contribution >= 4 is 22.8 Å². The number of ether oxygens (including phenoxy) is 1. The Bertz CT molecular complexity index is 1330. The summed E-state index contributed by atoms with van der Waals surface area (Å²) in [5, 5.41) is 19.5. The highest BCUT2D eigenvalue weighted by molar-refractivity contribution is 5.91. The van der Waals surface area contributed by atoms with E-state index in [1.807, 2.05) is 36.4 Å². The molecule has 6 nitrogen and oxygen atoms in total. The molecule has 37 heavy (non-hydrogen) atoms. The Morgan fingerprint density at radius 3 is 2.19 bits per heavy atom. The number of carbonyl (C=O) groups is 2. The first-order valence-corrected chi connectivity index (χ1v) is 12.8. The van der Waals surface area contributed by atoms with Crippen LogP contribution in [0.15, 0.2) is 79.0 Å². The molecule has 0 saturated carbocycles. The number of carboxylic acid groups (broad SMARTS) is 2. The SMILES string of the molecule is O=C(O)Cc1cn(CC(=O)O)c2cccc(CCc3ccc(OCCCCCc4ccccc4)cc3)c12. The van der Waals surface area contributed by atoms with Gasteiger partial charge in [0, 0.05) is 17.1 Å². The first kappa shape index (κ1) is 26.0. The molecule has 0 atom stereocenters. The van der Waals surface area contributed by atoms with Crippen molar-refractivity contribution in [1.29, 1.82) is 0 Å². The molecule has 0 aliphatic carbocycles. The first-order chi connectivity index (χ1) is 18.0. The summed E-state index contributed by atoms with van der Waals surface area (Å²) in [6.07, 6.45) is 7.45. The largest absolute Gasteiger partial charge is 0.494 e. The molecule has 6 heteroatoms. The van der Waals surface area contributed by atoms with Crippen LogP contribution in [0.3, 0.4) is 0 Å². The number of aromatic nitrogens is 1. The van der Waals surface area contributed by atoms with Crippen LogP contribution in [0.4, 0.5) is 0 Å². The molecule has 0 amide bonds. The van der Waals surface area contributed by atoms with Crippen LogP contribution >= 0.6 is 0 Å². The van der Waals surface area contributed by atoms with Crippen LogP contribution in [0, 0.1) is 0 Å². The summed E-state index contributed by atoms with van der Waals surface area (Å²) in [6, 6.07) is 24.4. The number of rotatable bonds is 14.